The number of pyridine rings is 2. The zero-order valence-corrected chi connectivity index (χ0v) is 22.3. The first-order valence-corrected chi connectivity index (χ1v) is 13.3. The van der Waals surface area contributed by atoms with E-state index in [1.54, 1.807) is 24.8 Å². The highest BCUT2D eigenvalue weighted by atomic mass is 15.3. The first kappa shape index (κ1) is 24.9. The summed E-state index contributed by atoms with van der Waals surface area (Å²) >= 11 is 0. The van der Waals surface area contributed by atoms with Crippen molar-refractivity contribution in [3.63, 3.8) is 0 Å². The third-order valence-corrected chi connectivity index (χ3v) is 6.60. The summed E-state index contributed by atoms with van der Waals surface area (Å²) < 4.78 is 4.00. The van der Waals surface area contributed by atoms with E-state index in [9.17, 15) is 0 Å². The molecule has 0 bridgehead atoms. The summed E-state index contributed by atoms with van der Waals surface area (Å²) in [6.45, 7) is 0. The third-order valence-electron chi connectivity index (χ3n) is 6.60. The molecule has 0 spiro atoms. The van der Waals surface area contributed by atoms with Gasteiger partial charge in [-0.05, 0) is 30.3 Å². The topological polar surface area (TPSA) is 109 Å². The lowest BCUT2D eigenvalue weighted by Crippen LogP contribution is -2.02. The monoisotopic (exact) mass is 548 g/mol. The molecule has 0 aliphatic carbocycles. The van der Waals surface area contributed by atoms with Gasteiger partial charge in [0.05, 0.1) is 35.2 Å². The van der Waals surface area contributed by atoms with Gasteiger partial charge < -0.3 is 0 Å². The van der Waals surface area contributed by atoms with Crippen molar-refractivity contribution in [1.29, 1.82) is 0 Å². The van der Waals surface area contributed by atoms with Gasteiger partial charge in [-0.2, -0.15) is 10.2 Å². The molecule has 202 valence electrons. The van der Waals surface area contributed by atoms with Crippen LogP contribution in [0.25, 0.3) is 33.9 Å². The summed E-state index contributed by atoms with van der Waals surface area (Å²) in [6.07, 6.45) is 8.90. The second-order valence-electron chi connectivity index (χ2n) is 9.27. The zero-order chi connectivity index (χ0) is 28.1. The molecule has 2 aromatic carbocycles. The van der Waals surface area contributed by atoms with Gasteiger partial charge in [-0.3, -0.25) is 19.7 Å². The first-order valence-electron chi connectivity index (χ1n) is 13.3. The maximum atomic E-state index is 5.13. The number of rotatable bonds is 8. The van der Waals surface area contributed by atoms with Crippen LogP contribution in [0.5, 0.6) is 0 Å². The van der Waals surface area contributed by atoms with Gasteiger partial charge in [0.2, 0.25) is 5.78 Å². The Balaban J connectivity index is 1.41. The number of anilines is 2. The smallest absolute Gasteiger partial charge is 0.221 e. The normalized spacial score (nSPS) is 11.6. The Kier molecular flexibility index (Phi) is 6.59. The fraction of sp³-hybridized carbons (Fsp3) is 0. The lowest BCUT2D eigenvalue weighted by Gasteiger charge is -2.04. The molecule has 10 heteroatoms. The minimum Gasteiger partial charge on any atom is -0.283 e. The highest BCUT2D eigenvalue weighted by molar-refractivity contribution is 5.92. The molecule has 0 aliphatic rings. The average molecular weight is 549 g/mol. The van der Waals surface area contributed by atoms with E-state index in [0.717, 1.165) is 39.5 Å². The summed E-state index contributed by atoms with van der Waals surface area (Å²) in [5, 5.41) is 9.01. The zero-order valence-electron chi connectivity index (χ0n) is 22.3. The fourth-order valence-corrected chi connectivity index (χ4v) is 4.69. The van der Waals surface area contributed by atoms with Gasteiger partial charge in [-0.15, -0.1) is 0 Å². The second kappa shape index (κ2) is 11.1. The predicted molar refractivity (Wildman–Crippen MR) is 166 cm³/mol. The lowest BCUT2D eigenvalue weighted by molar-refractivity contribution is 1.05. The Morgan fingerprint density at radius 1 is 0.571 bits per heavy atom. The minimum atomic E-state index is 0.639. The molecule has 0 aliphatic heterocycles. The summed E-state index contributed by atoms with van der Waals surface area (Å²) in [5.74, 6) is 1.95. The Morgan fingerprint density at radius 3 is 1.69 bits per heavy atom. The number of fused-ring (bicyclic) bond motifs is 3. The van der Waals surface area contributed by atoms with E-state index in [1.807, 2.05) is 118 Å². The molecular weight excluding hydrogens is 524 g/mol. The highest BCUT2D eigenvalue weighted by Gasteiger charge is 2.20. The van der Waals surface area contributed by atoms with Crippen LogP contribution in [0.15, 0.2) is 132 Å². The Morgan fingerprint density at radius 2 is 1.12 bits per heavy atom. The van der Waals surface area contributed by atoms with Gasteiger partial charge in [0.15, 0.2) is 0 Å². The van der Waals surface area contributed by atoms with Crippen molar-refractivity contribution in [3.8, 4) is 22.5 Å². The van der Waals surface area contributed by atoms with Crippen molar-refractivity contribution in [2.75, 3.05) is 10.9 Å². The standard InChI is InChI=1S/C32H24N10/c1-3-11-23(12-4-1)30-25(21-35-39-27-15-7-9-18-33-27)41-20-17-29-37-31(24-13-5-2-6-14-24)26(42(29)32(41)38-30)22-36-40-28-16-8-10-19-34-28/h1-22H,(H,33,39)(H,34,40)/b35-21+,36-22+. The van der Waals surface area contributed by atoms with E-state index in [1.165, 1.54) is 0 Å². The van der Waals surface area contributed by atoms with E-state index in [2.05, 4.69) is 31.0 Å². The van der Waals surface area contributed by atoms with Crippen LogP contribution in [-0.2, 0) is 0 Å². The molecule has 0 saturated heterocycles. The number of hydrogen-bond donors (Lipinski definition) is 2. The molecule has 7 rings (SSSR count). The molecule has 0 unspecified atom stereocenters. The number of benzene rings is 2. The molecule has 2 N–H and O–H groups in total. The van der Waals surface area contributed by atoms with Crippen LogP contribution in [-0.4, -0.2) is 41.2 Å². The summed E-state index contributed by atoms with van der Waals surface area (Å²) in [6, 6.07) is 33.3. The van der Waals surface area contributed by atoms with Crippen LogP contribution in [0.3, 0.4) is 0 Å². The van der Waals surface area contributed by atoms with Crippen molar-refractivity contribution in [2.45, 2.75) is 0 Å². The predicted octanol–water partition coefficient (Wildman–Crippen LogP) is 6.00. The fourth-order valence-electron chi connectivity index (χ4n) is 4.69. The van der Waals surface area contributed by atoms with Gasteiger partial charge in [0.1, 0.15) is 17.3 Å². The SMILES string of the molecule is C(=N\Nc1ccccn1)/c1c(-c2ccccc2)nc2n1ccc1nc(-c3ccccc3)c(/C=N/Nc3ccccn3)n12. The van der Waals surface area contributed by atoms with Gasteiger partial charge in [-0.1, -0.05) is 72.8 Å². The maximum absolute atomic E-state index is 5.13. The quantitative estimate of drug-likeness (QED) is 0.178. The van der Waals surface area contributed by atoms with Crippen molar-refractivity contribution in [2.24, 2.45) is 10.2 Å². The van der Waals surface area contributed by atoms with Crippen molar-refractivity contribution < 1.29 is 0 Å². The Hall–Kier alpha value is -6.16. The molecule has 5 aromatic heterocycles. The highest BCUT2D eigenvalue weighted by Crippen LogP contribution is 2.28. The Labute approximate surface area is 240 Å². The number of hydrazone groups is 2. The van der Waals surface area contributed by atoms with E-state index in [-0.39, 0.29) is 0 Å². The summed E-state index contributed by atoms with van der Waals surface area (Å²) in [7, 11) is 0. The number of nitrogens with one attached hydrogen (secondary N) is 2. The molecule has 7 aromatic rings. The van der Waals surface area contributed by atoms with Crippen LogP contribution in [0.1, 0.15) is 11.4 Å². The van der Waals surface area contributed by atoms with Crippen molar-refractivity contribution in [1.82, 2.24) is 28.7 Å². The molecular formula is C32H24N10. The molecule has 5 heterocycles. The van der Waals surface area contributed by atoms with Crippen LogP contribution in [0.2, 0.25) is 0 Å². The number of hydrogen-bond acceptors (Lipinski definition) is 8. The lowest BCUT2D eigenvalue weighted by atomic mass is 10.1. The molecule has 0 saturated carbocycles. The van der Waals surface area contributed by atoms with Crippen LogP contribution in [0.4, 0.5) is 11.6 Å². The molecule has 42 heavy (non-hydrogen) atoms. The third kappa shape index (κ3) is 4.84. The van der Waals surface area contributed by atoms with E-state index < -0.39 is 0 Å². The molecule has 0 atom stereocenters. The minimum absolute atomic E-state index is 0.639. The van der Waals surface area contributed by atoms with Crippen molar-refractivity contribution in [3.05, 3.63) is 133 Å². The van der Waals surface area contributed by atoms with Gasteiger partial charge in [-0.25, -0.2) is 19.9 Å². The molecule has 0 fully saturated rings. The summed E-state index contributed by atoms with van der Waals surface area (Å²) in [4.78, 5) is 18.7. The van der Waals surface area contributed by atoms with Gasteiger partial charge in [0.25, 0.3) is 0 Å². The largest absolute Gasteiger partial charge is 0.283 e. The second-order valence-corrected chi connectivity index (χ2v) is 9.27. The summed E-state index contributed by atoms with van der Waals surface area (Å²) in [5.41, 5.74) is 11.8. The van der Waals surface area contributed by atoms with E-state index in [0.29, 0.717) is 17.4 Å². The number of aromatic nitrogens is 6. The number of imidazole rings is 2. The average Bonchev–Trinajstić information content (AvgIpc) is 3.61. The van der Waals surface area contributed by atoms with Gasteiger partial charge in [0, 0.05) is 29.7 Å². The van der Waals surface area contributed by atoms with Gasteiger partial charge >= 0.3 is 0 Å². The van der Waals surface area contributed by atoms with E-state index in [4.69, 9.17) is 9.97 Å². The maximum Gasteiger partial charge on any atom is 0.221 e. The van der Waals surface area contributed by atoms with Crippen LogP contribution < -0.4 is 10.9 Å². The van der Waals surface area contributed by atoms with Crippen LogP contribution in [0, 0.1) is 0 Å². The first-order chi connectivity index (χ1) is 20.8. The molecule has 0 amide bonds. The van der Waals surface area contributed by atoms with E-state index >= 15 is 0 Å². The van der Waals surface area contributed by atoms with Crippen molar-refractivity contribution >= 4 is 35.5 Å². The molecule has 10 nitrogen and oxygen atoms in total. The molecule has 0 radical (unpaired) electrons. The number of nitrogens with zero attached hydrogens (tertiary/aromatic N) is 8. The Bertz CT molecular complexity index is 2010. The van der Waals surface area contributed by atoms with Crippen LogP contribution >= 0.6 is 0 Å².